The minimum Gasteiger partial charge on any atom is -0.461 e. The SMILES string of the molecule is C=C1C(=CC=C2CCC[C@]3(C)C(CC)=CC[C@@H]23)C[C@](O)(OCC(=O)OC(CCC(C)C)CCC(C)C)C[C@@H]1O. The lowest BCUT2D eigenvalue weighted by molar-refractivity contribution is -0.226. The third-order valence-corrected chi connectivity index (χ3v) is 9.27. The van der Waals surface area contributed by atoms with Gasteiger partial charge in [-0.1, -0.05) is 77.5 Å². The maximum Gasteiger partial charge on any atom is 0.332 e. The normalized spacial score (nSPS) is 31.5. The summed E-state index contributed by atoms with van der Waals surface area (Å²) in [6.07, 6.45) is 15.1. The van der Waals surface area contributed by atoms with Crippen LogP contribution in [0.3, 0.4) is 0 Å². The van der Waals surface area contributed by atoms with E-state index in [2.05, 4.69) is 60.3 Å². The van der Waals surface area contributed by atoms with Crippen molar-refractivity contribution in [2.24, 2.45) is 23.2 Å². The van der Waals surface area contributed by atoms with Gasteiger partial charge >= 0.3 is 5.97 Å². The highest BCUT2D eigenvalue weighted by Crippen LogP contribution is 2.55. The molecular weight excluding hydrogens is 488 g/mol. The van der Waals surface area contributed by atoms with Crippen LogP contribution in [-0.2, 0) is 14.3 Å². The summed E-state index contributed by atoms with van der Waals surface area (Å²) in [6.45, 7) is 17.1. The summed E-state index contributed by atoms with van der Waals surface area (Å²) in [5, 5.41) is 22.0. The molecule has 0 bridgehead atoms. The predicted octanol–water partition coefficient (Wildman–Crippen LogP) is 7.59. The summed E-state index contributed by atoms with van der Waals surface area (Å²) in [6, 6.07) is 0. The second-order valence-electron chi connectivity index (χ2n) is 13.3. The molecule has 4 atom stereocenters. The molecular formula is C34H54O5. The third kappa shape index (κ3) is 8.41. The van der Waals surface area contributed by atoms with Crippen molar-refractivity contribution in [2.75, 3.05) is 6.61 Å². The number of hydrogen-bond acceptors (Lipinski definition) is 5. The molecule has 0 aromatic carbocycles. The molecule has 39 heavy (non-hydrogen) atoms. The Morgan fingerprint density at radius 2 is 1.82 bits per heavy atom. The van der Waals surface area contributed by atoms with E-state index in [1.807, 2.05) is 6.08 Å². The third-order valence-electron chi connectivity index (χ3n) is 9.27. The quantitative estimate of drug-likeness (QED) is 0.151. The Kier molecular flexibility index (Phi) is 11.3. The van der Waals surface area contributed by atoms with Gasteiger partial charge in [-0.3, -0.25) is 0 Å². The van der Waals surface area contributed by atoms with Crippen LogP contribution in [0.25, 0.3) is 0 Å². The van der Waals surface area contributed by atoms with Gasteiger partial charge in [-0.15, -0.1) is 0 Å². The molecule has 3 aliphatic carbocycles. The number of rotatable bonds is 12. The molecule has 220 valence electrons. The molecule has 5 nitrogen and oxygen atoms in total. The number of carbonyl (C=O) groups is 1. The van der Waals surface area contributed by atoms with E-state index in [1.54, 1.807) is 5.57 Å². The molecule has 3 rings (SSSR count). The zero-order valence-electron chi connectivity index (χ0n) is 25.4. The number of carbonyl (C=O) groups excluding carboxylic acids is 1. The highest BCUT2D eigenvalue weighted by atomic mass is 16.6. The molecule has 3 aliphatic rings. The molecule has 0 aliphatic heterocycles. The first-order chi connectivity index (χ1) is 18.4. The van der Waals surface area contributed by atoms with Crippen LogP contribution in [0.1, 0.15) is 112 Å². The molecule has 0 radical (unpaired) electrons. The van der Waals surface area contributed by atoms with E-state index in [1.165, 1.54) is 18.4 Å². The summed E-state index contributed by atoms with van der Waals surface area (Å²) in [4.78, 5) is 12.7. The Bertz CT molecular complexity index is 945. The van der Waals surface area contributed by atoms with Crippen molar-refractivity contribution in [1.29, 1.82) is 0 Å². The number of esters is 1. The summed E-state index contributed by atoms with van der Waals surface area (Å²) in [7, 11) is 0. The van der Waals surface area contributed by atoms with E-state index in [0.717, 1.165) is 50.5 Å². The minimum absolute atomic E-state index is 0.0123. The van der Waals surface area contributed by atoms with Gasteiger partial charge in [0.2, 0.25) is 0 Å². The highest BCUT2D eigenvalue weighted by Gasteiger charge is 2.44. The summed E-state index contributed by atoms with van der Waals surface area (Å²) in [5.74, 6) is -0.500. The topological polar surface area (TPSA) is 76.0 Å². The van der Waals surface area contributed by atoms with Gasteiger partial charge < -0.3 is 19.7 Å². The summed E-state index contributed by atoms with van der Waals surface area (Å²) < 4.78 is 11.5. The molecule has 0 unspecified atom stereocenters. The van der Waals surface area contributed by atoms with Crippen molar-refractivity contribution in [3.63, 3.8) is 0 Å². The molecule has 0 amide bonds. The molecule has 0 aromatic rings. The van der Waals surface area contributed by atoms with Crippen LogP contribution in [-0.4, -0.2) is 40.8 Å². The van der Waals surface area contributed by atoms with Gasteiger partial charge in [-0.2, -0.15) is 0 Å². The predicted molar refractivity (Wildman–Crippen MR) is 158 cm³/mol. The first kappa shape index (κ1) is 31.8. The van der Waals surface area contributed by atoms with Crippen LogP contribution in [0.5, 0.6) is 0 Å². The lowest BCUT2D eigenvalue weighted by Crippen LogP contribution is -2.43. The number of hydrogen-bond donors (Lipinski definition) is 2. The van der Waals surface area contributed by atoms with Gasteiger partial charge in [0.15, 0.2) is 5.79 Å². The monoisotopic (exact) mass is 542 g/mol. The number of aliphatic hydroxyl groups is 2. The molecule has 0 spiro atoms. The first-order valence-corrected chi connectivity index (χ1v) is 15.4. The first-order valence-electron chi connectivity index (χ1n) is 15.4. The molecule has 0 aromatic heterocycles. The second kappa shape index (κ2) is 13.8. The number of fused-ring (bicyclic) bond motifs is 1. The molecule has 2 saturated carbocycles. The zero-order chi connectivity index (χ0) is 28.8. The molecule has 5 heteroatoms. The Balaban J connectivity index is 1.64. The molecule has 2 fully saturated rings. The second-order valence-corrected chi connectivity index (χ2v) is 13.3. The van der Waals surface area contributed by atoms with E-state index in [9.17, 15) is 15.0 Å². The smallest absolute Gasteiger partial charge is 0.332 e. The Morgan fingerprint density at radius 1 is 1.15 bits per heavy atom. The van der Waals surface area contributed by atoms with Crippen molar-refractivity contribution in [1.82, 2.24) is 0 Å². The van der Waals surface area contributed by atoms with Crippen molar-refractivity contribution >= 4 is 5.97 Å². The van der Waals surface area contributed by atoms with Gasteiger partial charge in [-0.05, 0) is 92.1 Å². The van der Waals surface area contributed by atoms with Crippen LogP contribution in [0.15, 0.2) is 47.1 Å². The Morgan fingerprint density at radius 3 is 2.44 bits per heavy atom. The van der Waals surface area contributed by atoms with Crippen molar-refractivity contribution in [3.05, 3.63) is 47.1 Å². The maximum absolute atomic E-state index is 12.7. The largest absolute Gasteiger partial charge is 0.461 e. The van der Waals surface area contributed by atoms with Gasteiger partial charge in [-0.25, -0.2) is 4.79 Å². The van der Waals surface area contributed by atoms with E-state index in [-0.39, 0.29) is 31.0 Å². The Labute approximate surface area is 237 Å². The van der Waals surface area contributed by atoms with Gasteiger partial charge in [0.1, 0.15) is 12.7 Å². The molecule has 0 saturated heterocycles. The van der Waals surface area contributed by atoms with Crippen molar-refractivity contribution in [2.45, 2.75) is 130 Å². The maximum atomic E-state index is 12.7. The lowest BCUT2D eigenvalue weighted by Gasteiger charge is -2.41. The van der Waals surface area contributed by atoms with Gasteiger partial charge in [0, 0.05) is 12.8 Å². The number of aliphatic hydroxyl groups excluding tert-OH is 1. The van der Waals surface area contributed by atoms with Crippen LogP contribution in [0, 0.1) is 23.2 Å². The van der Waals surface area contributed by atoms with E-state index in [4.69, 9.17) is 9.47 Å². The summed E-state index contributed by atoms with van der Waals surface area (Å²) in [5.41, 5.74) is 4.65. The highest BCUT2D eigenvalue weighted by molar-refractivity contribution is 5.71. The van der Waals surface area contributed by atoms with Gasteiger partial charge in [0.25, 0.3) is 0 Å². The fraction of sp³-hybridized carbons (Fsp3) is 0.735. The van der Waals surface area contributed by atoms with E-state index >= 15 is 0 Å². The fourth-order valence-corrected chi connectivity index (χ4v) is 6.77. The lowest BCUT2D eigenvalue weighted by atomic mass is 9.64. The average Bonchev–Trinajstić information content (AvgIpc) is 3.22. The van der Waals surface area contributed by atoms with Crippen molar-refractivity contribution in [3.8, 4) is 0 Å². The fourth-order valence-electron chi connectivity index (χ4n) is 6.77. The number of allylic oxidation sites excluding steroid dienone is 5. The number of ether oxygens (including phenoxy) is 2. The average molecular weight is 543 g/mol. The van der Waals surface area contributed by atoms with Crippen LogP contribution >= 0.6 is 0 Å². The van der Waals surface area contributed by atoms with E-state index < -0.39 is 17.9 Å². The van der Waals surface area contributed by atoms with Gasteiger partial charge in [0.05, 0.1) is 6.10 Å². The van der Waals surface area contributed by atoms with Crippen LogP contribution in [0.4, 0.5) is 0 Å². The molecule has 2 N–H and O–H groups in total. The molecule has 0 heterocycles. The van der Waals surface area contributed by atoms with Crippen LogP contribution in [0.2, 0.25) is 0 Å². The zero-order valence-corrected chi connectivity index (χ0v) is 25.4. The minimum atomic E-state index is -1.64. The van der Waals surface area contributed by atoms with E-state index in [0.29, 0.717) is 23.3 Å². The summed E-state index contributed by atoms with van der Waals surface area (Å²) >= 11 is 0. The Hall–Kier alpha value is -1.69. The standard InChI is InChI=1S/C34H54O5/c1-8-28-15-18-30-26(10-9-19-33(28,30)7)13-14-27-20-34(37,21-31(35)25(27)6)38-22-32(36)39-29(16-11-23(2)3)17-12-24(4)5/h13-15,23-24,29-31,35,37H,6,8-12,16-22H2,1-5,7H3/t30-,31-,33+,34-/m0/s1. The van der Waals surface area contributed by atoms with Crippen LogP contribution < -0.4 is 0 Å². The van der Waals surface area contributed by atoms with Crippen molar-refractivity contribution < 1.29 is 24.5 Å².